The fourth-order valence-corrected chi connectivity index (χ4v) is 2.46. The summed E-state index contributed by atoms with van der Waals surface area (Å²) < 4.78 is 5.19. The number of hydrogen-bond acceptors (Lipinski definition) is 4. The van der Waals surface area contributed by atoms with Crippen LogP contribution >= 0.6 is 0 Å². The van der Waals surface area contributed by atoms with Crippen LogP contribution in [0.5, 0.6) is 5.75 Å². The van der Waals surface area contributed by atoms with Gasteiger partial charge in [-0.15, -0.1) is 0 Å². The highest BCUT2D eigenvalue weighted by Crippen LogP contribution is 2.20. The van der Waals surface area contributed by atoms with Gasteiger partial charge in [-0.2, -0.15) is 5.10 Å². The highest BCUT2D eigenvalue weighted by molar-refractivity contribution is 5.28. The van der Waals surface area contributed by atoms with Gasteiger partial charge in [-0.05, 0) is 30.2 Å². The molecule has 0 saturated heterocycles. The van der Waals surface area contributed by atoms with Crippen LogP contribution in [0.25, 0.3) is 0 Å². The predicted molar refractivity (Wildman–Crippen MR) is 89.2 cm³/mol. The number of rotatable bonds is 6. The third kappa shape index (κ3) is 3.76. The molecule has 0 aliphatic heterocycles. The molecule has 0 bridgehead atoms. The van der Waals surface area contributed by atoms with Gasteiger partial charge in [-0.25, -0.2) is 4.98 Å². The molecule has 3 rings (SSSR count). The molecule has 118 valence electrons. The molecule has 1 atom stereocenters. The van der Waals surface area contributed by atoms with Crippen molar-refractivity contribution >= 4 is 0 Å². The van der Waals surface area contributed by atoms with Gasteiger partial charge in [0.05, 0.1) is 13.2 Å². The lowest BCUT2D eigenvalue weighted by molar-refractivity contribution is 0.414. The lowest BCUT2D eigenvalue weighted by Crippen LogP contribution is -2.23. The molecule has 1 heterocycles. The monoisotopic (exact) mass is 308 g/mol. The number of benzene rings is 2. The van der Waals surface area contributed by atoms with E-state index in [1.165, 1.54) is 5.56 Å². The first-order chi connectivity index (χ1) is 11.3. The summed E-state index contributed by atoms with van der Waals surface area (Å²) in [7, 11) is 1.67. The van der Waals surface area contributed by atoms with Gasteiger partial charge >= 0.3 is 0 Å². The number of ether oxygens (including phenoxy) is 1. The number of hydrogen-bond donors (Lipinski definition) is 2. The van der Waals surface area contributed by atoms with E-state index in [0.29, 0.717) is 0 Å². The molecule has 0 fully saturated rings. The quantitative estimate of drug-likeness (QED) is 0.735. The Balaban J connectivity index is 1.78. The average molecular weight is 308 g/mol. The third-order valence-corrected chi connectivity index (χ3v) is 3.67. The van der Waals surface area contributed by atoms with Crippen molar-refractivity contribution in [2.75, 3.05) is 7.11 Å². The molecule has 2 N–H and O–H groups in total. The first-order valence-electron chi connectivity index (χ1n) is 7.56. The van der Waals surface area contributed by atoms with E-state index in [2.05, 4.69) is 44.8 Å². The molecule has 1 aromatic heterocycles. The second kappa shape index (κ2) is 7.07. The minimum absolute atomic E-state index is 0.0525. The Bertz CT molecular complexity index is 737. The molecule has 5 heteroatoms. The molecule has 1 unspecified atom stereocenters. The molecule has 23 heavy (non-hydrogen) atoms. The van der Waals surface area contributed by atoms with Crippen molar-refractivity contribution in [3.63, 3.8) is 0 Å². The van der Waals surface area contributed by atoms with E-state index in [9.17, 15) is 0 Å². The van der Waals surface area contributed by atoms with Gasteiger partial charge in [-0.3, -0.25) is 10.4 Å². The summed E-state index contributed by atoms with van der Waals surface area (Å²) in [6.45, 7) is 2.62. The smallest absolute Gasteiger partial charge is 0.172 e. The molecule has 0 radical (unpaired) electrons. The summed E-state index contributed by atoms with van der Waals surface area (Å²) in [5.74, 6) is 2.42. The lowest BCUT2D eigenvalue weighted by atomic mass is 10.1. The van der Waals surface area contributed by atoms with E-state index in [1.807, 2.05) is 37.3 Å². The van der Waals surface area contributed by atoms with Gasteiger partial charge in [0.2, 0.25) is 0 Å². The Morgan fingerprint density at radius 1 is 1.09 bits per heavy atom. The van der Waals surface area contributed by atoms with Gasteiger partial charge in [0.15, 0.2) is 5.82 Å². The molecule has 5 nitrogen and oxygen atoms in total. The predicted octanol–water partition coefficient (Wildman–Crippen LogP) is 3.00. The fourth-order valence-electron chi connectivity index (χ4n) is 2.46. The maximum Gasteiger partial charge on any atom is 0.172 e. The summed E-state index contributed by atoms with van der Waals surface area (Å²) in [5, 5.41) is 10.8. The second-order valence-corrected chi connectivity index (χ2v) is 5.35. The zero-order valence-electron chi connectivity index (χ0n) is 13.3. The van der Waals surface area contributed by atoms with Crippen LogP contribution in [-0.2, 0) is 6.54 Å². The highest BCUT2D eigenvalue weighted by Gasteiger charge is 2.17. The van der Waals surface area contributed by atoms with Crippen molar-refractivity contribution in [3.05, 3.63) is 77.4 Å². The summed E-state index contributed by atoms with van der Waals surface area (Å²) in [5.41, 5.74) is 2.32. The largest absolute Gasteiger partial charge is 0.497 e. The van der Waals surface area contributed by atoms with Crippen LogP contribution in [0.15, 0.2) is 54.6 Å². The second-order valence-electron chi connectivity index (χ2n) is 5.35. The summed E-state index contributed by atoms with van der Waals surface area (Å²) in [4.78, 5) is 4.48. The van der Waals surface area contributed by atoms with Crippen LogP contribution in [0.1, 0.15) is 28.8 Å². The molecule has 0 saturated carbocycles. The molecule has 0 aliphatic rings. The van der Waals surface area contributed by atoms with Crippen LogP contribution in [0.3, 0.4) is 0 Å². The highest BCUT2D eigenvalue weighted by atomic mass is 16.5. The minimum Gasteiger partial charge on any atom is -0.497 e. The molecule has 0 spiro atoms. The van der Waals surface area contributed by atoms with Gasteiger partial charge in [0.1, 0.15) is 11.6 Å². The SMILES string of the molecule is COc1ccc(CNC(c2ccccc2)c2n[nH]c(C)n2)cc1. The van der Waals surface area contributed by atoms with E-state index >= 15 is 0 Å². The number of aromatic amines is 1. The van der Waals surface area contributed by atoms with Crippen LogP contribution < -0.4 is 10.1 Å². The Hall–Kier alpha value is -2.66. The first kappa shape index (κ1) is 15.2. The molecule has 0 amide bonds. The van der Waals surface area contributed by atoms with Crippen LogP contribution in [0, 0.1) is 6.92 Å². The topological polar surface area (TPSA) is 62.8 Å². The van der Waals surface area contributed by atoms with E-state index in [1.54, 1.807) is 7.11 Å². The normalized spacial score (nSPS) is 12.1. The van der Waals surface area contributed by atoms with Crippen molar-refractivity contribution in [1.29, 1.82) is 0 Å². The summed E-state index contributed by atoms with van der Waals surface area (Å²) >= 11 is 0. The average Bonchev–Trinajstić information content (AvgIpc) is 3.03. The summed E-state index contributed by atoms with van der Waals surface area (Å²) in [6.07, 6.45) is 0. The van der Waals surface area contributed by atoms with Crippen molar-refractivity contribution < 1.29 is 4.74 Å². The van der Waals surface area contributed by atoms with E-state index in [4.69, 9.17) is 4.74 Å². The fraction of sp³-hybridized carbons (Fsp3) is 0.222. The minimum atomic E-state index is -0.0525. The Morgan fingerprint density at radius 3 is 2.43 bits per heavy atom. The number of methoxy groups -OCH3 is 1. The van der Waals surface area contributed by atoms with Gasteiger partial charge < -0.3 is 4.74 Å². The number of aryl methyl sites for hydroxylation is 1. The third-order valence-electron chi connectivity index (χ3n) is 3.67. The molecule has 2 aromatic carbocycles. The Kier molecular flexibility index (Phi) is 4.68. The maximum atomic E-state index is 5.19. The standard InChI is InChI=1S/C18H20N4O/c1-13-20-18(22-21-13)17(15-6-4-3-5-7-15)19-12-14-8-10-16(23-2)11-9-14/h3-11,17,19H,12H2,1-2H3,(H,20,21,22). The number of nitrogens with one attached hydrogen (secondary N) is 2. The molecular weight excluding hydrogens is 288 g/mol. The van der Waals surface area contributed by atoms with Crippen LogP contribution in [0.2, 0.25) is 0 Å². The van der Waals surface area contributed by atoms with Crippen molar-refractivity contribution in [1.82, 2.24) is 20.5 Å². The van der Waals surface area contributed by atoms with Crippen LogP contribution in [-0.4, -0.2) is 22.3 Å². The summed E-state index contributed by atoms with van der Waals surface area (Å²) in [6, 6.07) is 18.2. The van der Waals surface area contributed by atoms with Crippen molar-refractivity contribution in [2.45, 2.75) is 19.5 Å². The van der Waals surface area contributed by atoms with E-state index < -0.39 is 0 Å². The maximum absolute atomic E-state index is 5.19. The first-order valence-corrected chi connectivity index (χ1v) is 7.56. The molecular formula is C18H20N4O. The lowest BCUT2D eigenvalue weighted by Gasteiger charge is -2.16. The zero-order chi connectivity index (χ0) is 16.1. The number of aromatic nitrogens is 3. The van der Waals surface area contributed by atoms with E-state index in [0.717, 1.165) is 29.5 Å². The van der Waals surface area contributed by atoms with Gasteiger partial charge in [-0.1, -0.05) is 42.5 Å². The molecule has 0 aliphatic carbocycles. The van der Waals surface area contributed by atoms with Gasteiger partial charge in [0, 0.05) is 6.54 Å². The zero-order valence-corrected chi connectivity index (χ0v) is 13.3. The van der Waals surface area contributed by atoms with Crippen molar-refractivity contribution in [3.8, 4) is 5.75 Å². The van der Waals surface area contributed by atoms with E-state index in [-0.39, 0.29) is 6.04 Å². The van der Waals surface area contributed by atoms with Gasteiger partial charge in [0.25, 0.3) is 0 Å². The number of nitrogens with zero attached hydrogens (tertiary/aromatic N) is 2. The Labute approximate surface area is 135 Å². The number of H-pyrrole nitrogens is 1. The van der Waals surface area contributed by atoms with Crippen molar-refractivity contribution in [2.24, 2.45) is 0 Å². The van der Waals surface area contributed by atoms with Crippen LogP contribution in [0.4, 0.5) is 0 Å². The molecule has 3 aromatic rings. The Morgan fingerprint density at radius 2 is 1.83 bits per heavy atom.